The van der Waals surface area contributed by atoms with Crippen molar-refractivity contribution in [3.8, 4) is 11.8 Å². The molecular weight excluding hydrogens is 408 g/mol. The zero-order valence-corrected chi connectivity index (χ0v) is 19.7. The monoisotopic (exact) mass is 444 g/mol. The van der Waals surface area contributed by atoms with Gasteiger partial charge in [0.25, 0.3) is 0 Å². The van der Waals surface area contributed by atoms with E-state index in [9.17, 15) is 4.79 Å². The van der Waals surface area contributed by atoms with Crippen molar-refractivity contribution in [2.75, 3.05) is 59.5 Å². The summed E-state index contributed by atoms with van der Waals surface area (Å²) in [5, 5.41) is 8.87. The molecule has 3 rings (SSSR count). The average Bonchev–Trinajstić information content (AvgIpc) is 2.72. The second kappa shape index (κ2) is 11.0. The smallest absolute Gasteiger partial charge is 0.410 e. The van der Waals surface area contributed by atoms with Crippen LogP contribution in [-0.2, 0) is 9.47 Å². The lowest BCUT2D eigenvalue weighted by molar-refractivity contribution is -0.139. The number of fused-ring (bicyclic) bond motifs is 2. The van der Waals surface area contributed by atoms with E-state index in [2.05, 4.69) is 15.9 Å². The molecule has 0 aromatic heterocycles. The van der Waals surface area contributed by atoms with Crippen LogP contribution < -0.4 is 4.74 Å². The van der Waals surface area contributed by atoms with Crippen molar-refractivity contribution in [2.24, 2.45) is 0 Å². The maximum Gasteiger partial charge on any atom is 0.410 e. The minimum atomic E-state index is -0.466. The van der Waals surface area contributed by atoms with Gasteiger partial charge in [-0.05, 0) is 51.5 Å². The Labute approximate surface area is 191 Å². The van der Waals surface area contributed by atoms with E-state index in [-0.39, 0.29) is 18.3 Å². The molecule has 0 aliphatic carbocycles. The Morgan fingerprint density at radius 1 is 1.12 bits per heavy atom. The largest absolute Gasteiger partial charge is 0.492 e. The topological polar surface area (TPSA) is 78.3 Å². The lowest BCUT2D eigenvalue weighted by Gasteiger charge is -2.46. The summed E-state index contributed by atoms with van der Waals surface area (Å²) in [6, 6.07) is 9.33. The highest BCUT2D eigenvalue weighted by Crippen LogP contribution is 2.20. The quantitative estimate of drug-likeness (QED) is 0.610. The molecule has 2 unspecified atom stereocenters. The van der Waals surface area contributed by atoms with Gasteiger partial charge in [-0.1, -0.05) is 0 Å². The van der Waals surface area contributed by atoms with Gasteiger partial charge in [-0.3, -0.25) is 9.80 Å². The summed E-state index contributed by atoms with van der Waals surface area (Å²) >= 11 is 0. The molecule has 0 saturated carbocycles. The van der Waals surface area contributed by atoms with Crippen molar-refractivity contribution in [1.29, 1.82) is 5.26 Å². The van der Waals surface area contributed by atoms with E-state index in [0.29, 0.717) is 18.7 Å². The molecule has 8 nitrogen and oxygen atoms in total. The fourth-order valence-electron chi connectivity index (χ4n) is 4.11. The van der Waals surface area contributed by atoms with Crippen LogP contribution in [0.4, 0.5) is 4.79 Å². The highest BCUT2D eigenvalue weighted by Gasteiger charge is 2.34. The van der Waals surface area contributed by atoms with Crippen LogP contribution in [0.2, 0.25) is 0 Å². The summed E-state index contributed by atoms with van der Waals surface area (Å²) < 4.78 is 17.4. The number of carbonyl (C=O) groups is 1. The van der Waals surface area contributed by atoms with Crippen LogP contribution in [0.3, 0.4) is 0 Å². The van der Waals surface area contributed by atoms with Crippen molar-refractivity contribution < 1.29 is 19.0 Å². The molecule has 1 aromatic carbocycles. The lowest BCUT2D eigenvalue weighted by Crippen LogP contribution is -2.60. The van der Waals surface area contributed by atoms with Crippen LogP contribution in [-0.4, -0.2) is 98.1 Å². The number of rotatable bonds is 8. The van der Waals surface area contributed by atoms with E-state index in [1.165, 1.54) is 0 Å². The van der Waals surface area contributed by atoms with E-state index in [1.807, 2.05) is 32.9 Å². The van der Waals surface area contributed by atoms with Crippen molar-refractivity contribution in [1.82, 2.24) is 14.7 Å². The standard InChI is InChI=1S/C24H36N4O4/c1-24(2,3)32-23(29)26(4)10-5-11-27-15-21-17-28(18-22(16-27)31-21)12-13-30-20-8-6-19(14-25)7-9-20/h6-9,21-22H,5,10-13,15-18H2,1-4H3. The molecule has 2 bridgehead atoms. The number of nitrogens with zero attached hydrogens (tertiary/aromatic N) is 4. The number of amides is 1. The Bertz CT molecular complexity index is 773. The molecule has 2 heterocycles. The molecule has 2 fully saturated rings. The fraction of sp³-hybridized carbons (Fsp3) is 0.667. The van der Waals surface area contributed by atoms with Crippen molar-refractivity contribution in [3.63, 3.8) is 0 Å². The number of nitriles is 1. The molecule has 2 aliphatic rings. The minimum Gasteiger partial charge on any atom is -0.492 e. The summed E-state index contributed by atoms with van der Waals surface area (Å²) in [5.74, 6) is 0.792. The van der Waals surface area contributed by atoms with Crippen molar-refractivity contribution in [3.05, 3.63) is 29.8 Å². The molecule has 2 saturated heterocycles. The molecule has 0 spiro atoms. The number of benzene rings is 1. The fourth-order valence-corrected chi connectivity index (χ4v) is 4.11. The van der Waals surface area contributed by atoms with Crippen molar-refractivity contribution >= 4 is 6.09 Å². The second-order valence-electron chi connectivity index (χ2n) is 9.64. The summed E-state index contributed by atoms with van der Waals surface area (Å²) in [6.07, 6.45) is 1.06. The number of hydrogen-bond donors (Lipinski definition) is 0. The van der Waals surface area contributed by atoms with Gasteiger partial charge in [0.15, 0.2) is 0 Å². The summed E-state index contributed by atoms with van der Waals surface area (Å²) in [4.78, 5) is 18.6. The molecule has 2 atom stereocenters. The molecule has 1 aromatic rings. The third-order valence-electron chi connectivity index (χ3n) is 5.56. The van der Waals surface area contributed by atoms with Gasteiger partial charge in [-0.2, -0.15) is 5.26 Å². The average molecular weight is 445 g/mol. The molecule has 32 heavy (non-hydrogen) atoms. The number of carbonyl (C=O) groups excluding carboxylic acids is 1. The first-order chi connectivity index (χ1) is 15.2. The Hall–Kier alpha value is -2.34. The highest BCUT2D eigenvalue weighted by atomic mass is 16.6. The number of morpholine rings is 2. The first-order valence-electron chi connectivity index (χ1n) is 11.4. The van der Waals surface area contributed by atoms with Gasteiger partial charge >= 0.3 is 6.09 Å². The Morgan fingerprint density at radius 3 is 2.28 bits per heavy atom. The molecule has 2 aliphatic heterocycles. The Kier molecular flexibility index (Phi) is 8.35. The third kappa shape index (κ3) is 7.66. The van der Waals surface area contributed by atoms with Crippen LogP contribution in [0.15, 0.2) is 24.3 Å². The summed E-state index contributed by atoms with van der Waals surface area (Å²) in [7, 11) is 1.79. The molecule has 8 heteroatoms. The predicted octanol–water partition coefficient (Wildman–Crippen LogP) is 2.58. The molecule has 0 radical (unpaired) electrons. The highest BCUT2D eigenvalue weighted by molar-refractivity contribution is 5.67. The first kappa shape index (κ1) is 24.3. The molecule has 176 valence electrons. The van der Waals surface area contributed by atoms with Gasteiger partial charge in [0, 0.05) is 52.9 Å². The Morgan fingerprint density at radius 2 is 1.72 bits per heavy atom. The van der Waals surface area contributed by atoms with E-state index in [0.717, 1.165) is 51.4 Å². The van der Waals surface area contributed by atoms with Gasteiger partial charge in [0.1, 0.15) is 18.0 Å². The SMILES string of the molecule is CN(CCCN1CC2CN(CCOc3ccc(C#N)cc3)CC(C1)O2)C(=O)OC(C)(C)C. The second-order valence-corrected chi connectivity index (χ2v) is 9.64. The summed E-state index contributed by atoms with van der Waals surface area (Å²) in [5.41, 5.74) is 0.172. The zero-order chi connectivity index (χ0) is 23.1. The lowest BCUT2D eigenvalue weighted by atomic mass is 10.1. The predicted molar refractivity (Wildman–Crippen MR) is 122 cm³/mol. The molecule has 1 amide bonds. The van der Waals surface area contributed by atoms with Gasteiger partial charge in [-0.25, -0.2) is 4.79 Å². The van der Waals surface area contributed by atoms with Crippen molar-refractivity contribution in [2.45, 2.75) is 45.0 Å². The normalized spacial score (nSPS) is 21.6. The van der Waals surface area contributed by atoms with Gasteiger partial charge in [0.05, 0.1) is 23.8 Å². The molecular formula is C24H36N4O4. The number of hydrogen-bond acceptors (Lipinski definition) is 7. The van der Waals surface area contributed by atoms with E-state index in [4.69, 9.17) is 19.5 Å². The third-order valence-corrected chi connectivity index (χ3v) is 5.56. The van der Waals surface area contributed by atoms with Crippen LogP contribution >= 0.6 is 0 Å². The van der Waals surface area contributed by atoms with Gasteiger partial charge in [0.2, 0.25) is 0 Å². The van der Waals surface area contributed by atoms with E-state index < -0.39 is 5.60 Å². The molecule has 0 N–H and O–H groups in total. The van der Waals surface area contributed by atoms with Gasteiger partial charge < -0.3 is 19.1 Å². The summed E-state index contributed by atoms with van der Waals surface area (Å²) in [6.45, 7) is 12.4. The number of ether oxygens (including phenoxy) is 3. The van der Waals surface area contributed by atoms with Crippen LogP contribution in [0.5, 0.6) is 5.75 Å². The zero-order valence-electron chi connectivity index (χ0n) is 19.7. The minimum absolute atomic E-state index is 0.209. The van der Waals surface area contributed by atoms with E-state index >= 15 is 0 Å². The maximum atomic E-state index is 12.1. The van der Waals surface area contributed by atoms with Crippen LogP contribution in [0.1, 0.15) is 32.8 Å². The van der Waals surface area contributed by atoms with Crippen LogP contribution in [0.25, 0.3) is 0 Å². The maximum absolute atomic E-state index is 12.1. The van der Waals surface area contributed by atoms with E-state index in [1.54, 1.807) is 24.1 Å². The van der Waals surface area contributed by atoms with Gasteiger partial charge in [-0.15, -0.1) is 0 Å². The Balaban J connectivity index is 1.34. The van der Waals surface area contributed by atoms with Crippen LogP contribution in [0, 0.1) is 11.3 Å². The first-order valence-corrected chi connectivity index (χ1v) is 11.4.